The Hall–Kier alpha value is -1.58. The van der Waals surface area contributed by atoms with Crippen LogP contribution in [0.3, 0.4) is 0 Å². The van der Waals surface area contributed by atoms with Crippen LogP contribution in [0.1, 0.15) is 22.9 Å². The van der Waals surface area contributed by atoms with Gasteiger partial charge in [-0.1, -0.05) is 23.7 Å². The van der Waals surface area contributed by atoms with Gasteiger partial charge in [-0.15, -0.1) is 0 Å². The van der Waals surface area contributed by atoms with Crippen molar-refractivity contribution in [3.8, 4) is 5.75 Å². The van der Waals surface area contributed by atoms with Crippen molar-refractivity contribution in [2.45, 2.75) is 13.0 Å². The third kappa shape index (κ3) is 3.06. The van der Waals surface area contributed by atoms with Crippen molar-refractivity contribution < 1.29 is 4.74 Å². The molecular formula is C15H17ClN2O. The molecule has 100 valence electrons. The normalized spacial score (nSPS) is 12.2. The molecule has 2 rings (SSSR count). The topological polar surface area (TPSA) is 34.2 Å². The van der Waals surface area contributed by atoms with E-state index in [0.29, 0.717) is 5.02 Å². The maximum atomic E-state index is 6.00. The van der Waals surface area contributed by atoms with Crippen LogP contribution in [0.4, 0.5) is 0 Å². The van der Waals surface area contributed by atoms with Crippen molar-refractivity contribution in [1.82, 2.24) is 10.3 Å². The van der Waals surface area contributed by atoms with Crippen LogP contribution >= 0.6 is 11.6 Å². The lowest BCUT2D eigenvalue weighted by Gasteiger charge is -2.20. The van der Waals surface area contributed by atoms with E-state index in [-0.39, 0.29) is 6.04 Å². The Morgan fingerprint density at radius 2 is 2.05 bits per heavy atom. The first-order valence-electron chi connectivity index (χ1n) is 6.09. The Labute approximate surface area is 118 Å². The Morgan fingerprint density at radius 3 is 2.63 bits per heavy atom. The van der Waals surface area contributed by atoms with Gasteiger partial charge in [0.15, 0.2) is 0 Å². The van der Waals surface area contributed by atoms with Gasteiger partial charge in [0.25, 0.3) is 0 Å². The quantitative estimate of drug-likeness (QED) is 0.930. The van der Waals surface area contributed by atoms with E-state index >= 15 is 0 Å². The van der Waals surface area contributed by atoms with E-state index in [1.54, 1.807) is 7.11 Å². The lowest BCUT2D eigenvalue weighted by Crippen LogP contribution is -2.18. The number of nitrogens with zero attached hydrogens (tertiary/aromatic N) is 1. The molecule has 19 heavy (non-hydrogen) atoms. The van der Waals surface area contributed by atoms with Crippen LogP contribution in [0.2, 0.25) is 5.02 Å². The molecule has 0 aliphatic heterocycles. The van der Waals surface area contributed by atoms with Gasteiger partial charge in [-0.05, 0) is 37.7 Å². The number of methoxy groups -OCH3 is 1. The summed E-state index contributed by atoms with van der Waals surface area (Å²) in [5.41, 5.74) is 3.13. The maximum absolute atomic E-state index is 6.00. The average Bonchev–Trinajstić information content (AvgIpc) is 2.43. The molecule has 1 aromatic heterocycles. The van der Waals surface area contributed by atoms with E-state index < -0.39 is 0 Å². The van der Waals surface area contributed by atoms with E-state index in [1.165, 1.54) is 0 Å². The number of hydrogen-bond acceptors (Lipinski definition) is 3. The van der Waals surface area contributed by atoms with E-state index in [2.05, 4.69) is 16.4 Å². The smallest absolute Gasteiger partial charge is 0.125 e. The van der Waals surface area contributed by atoms with Gasteiger partial charge < -0.3 is 10.1 Å². The molecule has 3 nitrogen and oxygen atoms in total. The van der Waals surface area contributed by atoms with Gasteiger partial charge in [-0.2, -0.15) is 0 Å². The standard InChI is InChI=1S/C15H17ClN2O/c1-10-4-5-11(9-18-10)15(17-2)13-7-6-12(16)8-14(13)19-3/h4-9,15,17H,1-3H3. The lowest BCUT2D eigenvalue weighted by atomic mass is 9.99. The molecule has 0 spiro atoms. The van der Waals surface area contributed by atoms with Gasteiger partial charge in [-0.25, -0.2) is 0 Å². The Balaban J connectivity index is 2.44. The zero-order valence-corrected chi connectivity index (χ0v) is 12.0. The first-order chi connectivity index (χ1) is 9.15. The molecule has 1 heterocycles. The van der Waals surface area contributed by atoms with Crippen molar-refractivity contribution in [2.24, 2.45) is 0 Å². The molecule has 0 bridgehead atoms. The minimum absolute atomic E-state index is 0.0281. The SMILES string of the molecule is CNC(c1ccc(C)nc1)c1ccc(Cl)cc1OC. The summed E-state index contributed by atoms with van der Waals surface area (Å²) in [6.07, 6.45) is 1.88. The van der Waals surface area contributed by atoms with Crippen LogP contribution in [0.5, 0.6) is 5.75 Å². The molecule has 0 aliphatic carbocycles. The molecule has 1 atom stereocenters. The third-order valence-corrected chi connectivity index (χ3v) is 3.30. The predicted molar refractivity (Wildman–Crippen MR) is 77.9 cm³/mol. The van der Waals surface area contributed by atoms with Gasteiger partial charge in [0.05, 0.1) is 13.2 Å². The second-order valence-electron chi connectivity index (χ2n) is 4.34. The fourth-order valence-corrected chi connectivity index (χ4v) is 2.24. The van der Waals surface area contributed by atoms with Crippen LogP contribution in [0.25, 0.3) is 0 Å². The lowest BCUT2D eigenvalue weighted by molar-refractivity contribution is 0.405. The second-order valence-corrected chi connectivity index (χ2v) is 4.78. The molecule has 0 saturated heterocycles. The van der Waals surface area contributed by atoms with Gasteiger partial charge in [-0.3, -0.25) is 4.98 Å². The highest BCUT2D eigenvalue weighted by Crippen LogP contribution is 2.31. The summed E-state index contributed by atoms with van der Waals surface area (Å²) in [7, 11) is 3.56. The molecule has 1 aromatic carbocycles. The van der Waals surface area contributed by atoms with Crippen molar-refractivity contribution >= 4 is 11.6 Å². The average molecular weight is 277 g/mol. The number of nitrogens with one attached hydrogen (secondary N) is 1. The molecule has 2 aromatic rings. The first kappa shape index (κ1) is 13.8. The molecule has 1 unspecified atom stereocenters. The van der Waals surface area contributed by atoms with Crippen LogP contribution in [0.15, 0.2) is 36.5 Å². The summed E-state index contributed by atoms with van der Waals surface area (Å²) in [4.78, 5) is 4.34. The highest BCUT2D eigenvalue weighted by Gasteiger charge is 2.17. The highest BCUT2D eigenvalue weighted by atomic mass is 35.5. The summed E-state index contributed by atoms with van der Waals surface area (Å²) in [5.74, 6) is 0.771. The highest BCUT2D eigenvalue weighted by molar-refractivity contribution is 6.30. The van der Waals surface area contributed by atoms with E-state index in [9.17, 15) is 0 Å². The monoisotopic (exact) mass is 276 g/mol. The van der Waals surface area contributed by atoms with Crippen LogP contribution in [-0.2, 0) is 0 Å². The summed E-state index contributed by atoms with van der Waals surface area (Å²) >= 11 is 6.00. The second kappa shape index (κ2) is 6.04. The van der Waals surface area contributed by atoms with Crippen LogP contribution in [0, 0.1) is 6.92 Å². The molecule has 0 fully saturated rings. The molecule has 0 amide bonds. The molecule has 1 N–H and O–H groups in total. The zero-order chi connectivity index (χ0) is 13.8. The Bertz CT molecular complexity index is 555. The number of pyridine rings is 1. The molecule has 0 saturated carbocycles. The fourth-order valence-electron chi connectivity index (χ4n) is 2.08. The van der Waals surface area contributed by atoms with Gasteiger partial charge >= 0.3 is 0 Å². The van der Waals surface area contributed by atoms with Gasteiger partial charge in [0.1, 0.15) is 5.75 Å². The number of hydrogen-bond donors (Lipinski definition) is 1. The molecule has 0 radical (unpaired) electrons. The predicted octanol–water partition coefficient (Wildman–Crippen LogP) is 3.36. The van der Waals surface area contributed by atoms with E-state index in [0.717, 1.165) is 22.6 Å². The number of halogens is 1. The number of aromatic nitrogens is 1. The van der Waals surface area contributed by atoms with Crippen molar-refractivity contribution in [3.05, 3.63) is 58.4 Å². The largest absolute Gasteiger partial charge is 0.496 e. The molecule has 4 heteroatoms. The Morgan fingerprint density at radius 1 is 1.26 bits per heavy atom. The number of ether oxygens (including phenoxy) is 1. The van der Waals surface area contributed by atoms with Crippen molar-refractivity contribution in [1.29, 1.82) is 0 Å². The minimum Gasteiger partial charge on any atom is -0.496 e. The van der Waals surface area contributed by atoms with E-state index in [4.69, 9.17) is 16.3 Å². The summed E-state index contributed by atoms with van der Waals surface area (Å²) in [5, 5.41) is 3.95. The fraction of sp³-hybridized carbons (Fsp3) is 0.267. The van der Waals surface area contributed by atoms with Gasteiger partial charge in [0.2, 0.25) is 0 Å². The van der Waals surface area contributed by atoms with Crippen LogP contribution in [-0.4, -0.2) is 19.1 Å². The number of rotatable bonds is 4. The van der Waals surface area contributed by atoms with Crippen molar-refractivity contribution in [3.63, 3.8) is 0 Å². The Kier molecular flexibility index (Phi) is 4.40. The molecule has 0 aliphatic rings. The van der Waals surface area contributed by atoms with Crippen LogP contribution < -0.4 is 10.1 Å². The van der Waals surface area contributed by atoms with Crippen molar-refractivity contribution in [2.75, 3.05) is 14.2 Å². The summed E-state index contributed by atoms with van der Waals surface area (Å²) < 4.78 is 5.41. The number of aryl methyl sites for hydroxylation is 1. The summed E-state index contributed by atoms with van der Waals surface area (Å²) in [6.45, 7) is 1.97. The minimum atomic E-state index is 0.0281. The third-order valence-electron chi connectivity index (χ3n) is 3.06. The van der Waals surface area contributed by atoms with Gasteiger partial charge in [0, 0.05) is 22.5 Å². The molecular weight excluding hydrogens is 260 g/mol. The maximum Gasteiger partial charge on any atom is 0.125 e. The summed E-state index contributed by atoms with van der Waals surface area (Å²) in [6, 6.07) is 9.76. The zero-order valence-electron chi connectivity index (χ0n) is 11.3. The first-order valence-corrected chi connectivity index (χ1v) is 6.46. The number of benzene rings is 1. The van der Waals surface area contributed by atoms with E-state index in [1.807, 2.05) is 44.4 Å².